The van der Waals surface area contributed by atoms with Gasteiger partial charge in [-0.25, -0.2) is 4.79 Å². The fraction of sp³-hybridized carbons (Fsp3) is 0.722. The van der Waals surface area contributed by atoms with Crippen LogP contribution in [0.3, 0.4) is 0 Å². The number of thioether (sulfide) groups is 1. The maximum absolute atomic E-state index is 13.0. The van der Waals surface area contributed by atoms with Crippen molar-refractivity contribution in [3.8, 4) is 0 Å². The number of hydrogen-bond acceptors (Lipinski definition) is 6. The number of amides is 3. The van der Waals surface area contributed by atoms with Crippen LogP contribution in [0.15, 0.2) is 4.99 Å². The molecule has 1 fully saturated rings. The lowest BCUT2D eigenvalue weighted by Gasteiger charge is -2.29. The molecular formula is C18H32N6O5S. The first-order chi connectivity index (χ1) is 14.2. The van der Waals surface area contributed by atoms with Crippen LogP contribution < -0.4 is 22.1 Å². The van der Waals surface area contributed by atoms with Gasteiger partial charge in [-0.3, -0.25) is 19.4 Å². The van der Waals surface area contributed by atoms with Gasteiger partial charge in [-0.2, -0.15) is 11.8 Å². The molecular weight excluding hydrogens is 412 g/mol. The van der Waals surface area contributed by atoms with Gasteiger partial charge >= 0.3 is 5.97 Å². The Labute approximate surface area is 180 Å². The second-order valence-corrected chi connectivity index (χ2v) is 8.06. The van der Waals surface area contributed by atoms with Crippen LogP contribution in [0.2, 0.25) is 0 Å². The van der Waals surface area contributed by atoms with Crippen molar-refractivity contribution in [3.05, 3.63) is 0 Å². The maximum Gasteiger partial charge on any atom is 0.326 e. The van der Waals surface area contributed by atoms with Crippen LogP contribution in [0.25, 0.3) is 0 Å². The van der Waals surface area contributed by atoms with Crippen molar-refractivity contribution in [1.82, 2.24) is 15.5 Å². The fourth-order valence-corrected chi connectivity index (χ4v) is 3.74. The summed E-state index contributed by atoms with van der Waals surface area (Å²) in [5.74, 6) is -1.72. The number of nitrogens with zero attached hydrogens (tertiary/aromatic N) is 2. The van der Waals surface area contributed by atoms with E-state index in [-0.39, 0.29) is 30.7 Å². The lowest BCUT2D eigenvalue weighted by atomic mass is 10.1. The molecule has 1 aliphatic heterocycles. The van der Waals surface area contributed by atoms with Crippen LogP contribution in [0.1, 0.15) is 39.0 Å². The summed E-state index contributed by atoms with van der Waals surface area (Å²) in [6.07, 6.45) is 3.95. The zero-order valence-electron chi connectivity index (χ0n) is 17.4. The van der Waals surface area contributed by atoms with Gasteiger partial charge in [0.05, 0.1) is 0 Å². The highest BCUT2D eigenvalue weighted by Crippen LogP contribution is 2.20. The highest BCUT2D eigenvalue weighted by molar-refractivity contribution is 7.98. The molecule has 0 saturated carbocycles. The molecule has 0 bridgehead atoms. The van der Waals surface area contributed by atoms with Gasteiger partial charge < -0.3 is 32.1 Å². The van der Waals surface area contributed by atoms with Crippen LogP contribution in [0.5, 0.6) is 0 Å². The van der Waals surface area contributed by atoms with Crippen molar-refractivity contribution in [2.24, 2.45) is 16.5 Å². The van der Waals surface area contributed by atoms with Gasteiger partial charge in [0.1, 0.15) is 18.1 Å². The van der Waals surface area contributed by atoms with E-state index < -0.39 is 30.0 Å². The topological polar surface area (TPSA) is 180 Å². The highest BCUT2D eigenvalue weighted by Gasteiger charge is 2.38. The van der Waals surface area contributed by atoms with Crippen LogP contribution in [0.4, 0.5) is 0 Å². The number of nitrogens with two attached hydrogens (primary N) is 2. The molecule has 1 aliphatic rings. The molecule has 0 aromatic heterocycles. The van der Waals surface area contributed by atoms with Crippen molar-refractivity contribution in [2.75, 3.05) is 25.1 Å². The first-order valence-electron chi connectivity index (χ1n) is 9.82. The molecule has 0 aromatic rings. The van der Waals surface area contributed by atoms with Crippen molar-refractivity contribution >= 4 is 41.4 Å². The summed E-state index contributed by atoms with van der Waals surface area (Å²) in [7, 11) is 0. The van der Waals surface area contributed by atoms with E-state index in [0.29, 0.717) is 38.0 Å². The van der Waals surface area contributed by atoms with Gasteiger partial charge in [0, 0.05) is 20.0 Å². The van der Waals surface area contributed by atoms with Gasteiger partial charge in [-0.15, -0.1) is 0 Å². The van der Waals surface area contributed by atoms with E-state index in [4.69, 9.17) is 11.5 Å². The lowest BCUT2D eigenvalue weighted by molar-refractivity contribution is -0.145. The van der Waals surface area contributed by atoms with Crippen LogP contribution in [0, 0.1) is 0 Å². The minimum Gasteiger partial charge on any atom is -0.480 e. The number of carbonyl (C=O) groups excluding carboxylic acids is 3. The zero-order valence-corrected chi connectivity index (χ0v) is 18.2. The Morgan fingerprint density at radius 3 is 2.47 bits per heavy atom. The van der Waals surface area contributed by atoms with Gasteiger partial charge in [-0.05, 0) is 44.1 Å². The summed E-state index contributed by atoms with van der Waals surface area (Å²) in [4.78, 5) is 53.9. The lowest BCUT2D eigenvalue weighted by Crippen LogP contribution is -2.55. The fourth-order valence-electron chi connectivity index (χ4n) is 3.27. The maximum atomic E-state index is 13.0. The van der Waals surface area contributed by atoms with Crippen LogP contribution >= 0.6 is 11.8 Å². The third kappa shape index (κ3) is 8.47. The van der Waals surface area contributed by atoms with Gasteiger partial charge in [0.2, 0.25) is 17.7 Å². The highest BCUT2D eigenvalue weighted by atomic mass is 32.2. The van der Waals surface area contributed by atoms with Crippen molar-refractivity contribution in [3.63, 3.8) is 0 Å². The molecule has 30 heavy (non-hydrogen) atoms. The van der Waals surface area contributed by atoms with Gasteiger partial charge in [0.25, 0.3) is 0 Å². The summed E-state index contributed by atoms with van der Waals surface area (Å²) in [6.45, 7) is 1.98. The number of aliphatic imine (C=N–C) groups is 1. The number of likely N-dealkylation sites (tertiary alicyclic amines) is 1. The van der Waals surface area contributed by atoms with E-state index in [1.807, 2.05) is 6.26 Å². The first-order valence-corrected chi connectivity index (χ1v) is 11.2. The van der Waals surface area contributed by atoms with Crippen LogP contribution in [-0.2, 0) is 19.2 Å². The van der Waals surface area contributed by atoms with E-state index in [0.717, 1.165) is 0 Å². The summed E-state index contributed by atoms with van der Waals surface area (Å²) in [6, 6.07) is -2.58. The zero-order chi connectivity index (χ0) is 22.7. The molecule has 3 atom stereocenters. The molecule has 1 saturated heterocycles. The standard InChI is InChI=1S/C18H32N6O5S/c1-11(25)22-12(7-10-30-2)16(27)24-9-4-6-14(24)15(26)23-13(17(28)29)5-3-8-21-18(19)20/h12-14H,3-10H2,1-2H3,(H,22,25)(H,23,26)(H,28,29)(H4,19,20,21). The summed E-state index contributed by atoms with van der Waals surface area (Å²) < 4.78 is 0. The third-order valence-corrected chi connectivity index (χ3v) is 5.33. The molecule has 3 amide bonds. The second-order valence-electron chi connectivity index (χ2n) is 7.07. The Balaban J connectivity index is 2.78. The van der Waals surface area contributed by atoms with Crippen molar-refractivity contribution < 1.29 is 24.3 Å². The first kappa shape index (κ1) is 25.5. The minimum absolute atomic E-state index is 0.0822. The molecule has 1 heterocycles. The number of aliphatic carboxylic acids is 1. The molecule has 3 unspecified atom stereocenters. The minimum atomic E-state index is -1.17. The summed E-state index contributed by atoms with van der Waals surface area (Å²) in [5.41, 5.74) is 10.5. The number of nitrogens with one attached hydrogen (secondary N) is 2. The smallest absolute Gasteiger partial charge is 0.326 e. The number of guanidine groups is 1. The number of rotatable bonds is 12. The Hall–Kier alpha value is -2.50. The van der Waals surface area contributed by atoms with E-state index in [2.05, 4.69) is 15.6 Å². The van der Waals surface area contributed by atoms with E-state index >= 15 is 0 Å². The molecule has 1 rings (SSSR count). The molecule has 0 spiro atoms. The monoisotopic (exact) mass is 444 g/mol. The number of hydrogen-bond donors (Lipinski definition) is 5. The predicted molar refractivity (Wildman–Crippen MR) is 115 cm³/mol. The molecule has 170 valence electrons. The number of carboxylic acid groups (broad SMARTS) is 1. The van der Waals surface area contributed by atoms with E-state index in [1.54, 1.807) is 11.8 Å². The van der Waals surface area contributed by atoms with Crippen LogP contribution in [-0.4, -0.2) is 82.9 Å². The molecule has 7 N–H and O–H groups in total. The molecule has 0 aliphatic carbocycles. The average Bonchev–Trinajstić information content (AvgIpc) is 3.16. The molecule has 12 heteroatoms. The van der Waals surface area contributed by atoms with Gasteiger partial charge in [-0.1, -0.05) is 0 Å². The summed E-state index contributed by atoms with van der Waals surface area (Å²) >= 11 is 1.56. The Morgan fingerprint density at radius 1 is 1.20 bits per heavy atom. The summed E-state index contributed by atoms with van der Waals surface area (Å²) in [5, 5.41) is 14.6. The quantitative estimate of drug-likeness (QED) is 0.142. The Bertz CT molecular complexity index is 655. The normalized spacial score (nSPS) is 17.7. The molecule has 0 aromatic carbocycles. The van der Waals surface area contributed by atoms with E-state index in [1.165, 1.54) is 11.8 Å². The largest absolute Gasteiger partial charge is 0.480 e. The molecule has 11 nitrogen and oxygen atoms in total. The van der Waals surface area contributed by atoms with E-state index in [9.17, 15) is 24.3 Å². The third-order valence-electron chi connectivity index (χ3n) is 4.68. The number of carboxylic acids is 1. The number of carbonyl (C=O) groups is 4. The predicted octanol–water partition coefficient (Wildman–Crippen LogP) is -1.14. The SMILES string of the molecule is CSCCC(NC(C)=O)C(=O)N1CCCC1C(=O)NC(CCCN=C(N)N)C(=O)O. The Kier molecular flexibility index (Phi) is 11.0. The van der Waals surface area contributed by atoms with Crippen molar-refractivity contribution in [1.29, 1.82) is 0 Å². The van der Waals surface area contributed by atoms with Crippen molar-refractivity contribution in [2.45, 2.75) is 57.2 Å². The average molecular weight is 445 g/mol. The molecule has 0 radical (unpaired) electrons. The Morgan fingerprint density at radius 2 is 1.90 bits per heavy atom. The second kappa shape index (κ2) is 12.9. The van der Waals surface area contributed by atoms with Gasteiger partial charge in [0.15, 0.2) is 5.96 Å².